The fraction of sp³-hybridized carbons (Fsp3) is 0.438. The molecule has 2 aliphatic heterocycles. The first-order valence-electron chi connectivity index (χ1n) is 6.99. The highest BCUT2D eigenvalue weighted by Gasteiger charge is 2.26. The molecule has 0 unspecified atom stereocenters. The largest absolute Gasteiger partial charge is 0.329 e. The van der Waals surface area contributed by atoms with Crippen LogP contribution in [-0.2, 0) is 0 Å². The second-order valence-corrected chi connectivity index (χ2v) is 5.94. The van der Waals surface area contributed by atoms with E-state index in [2.05, 4.69) is 24.8 Å². The number of rotatable bonds is 0. The van der Waals surface area contributed by atoms with Crippen LogP contribution in [0, 0.1) is 0 Å². The molecule has 1 aromatic rings. The predicted octanol–water partition coefficient (Wildman–Crippen LogP) is 5.01. The van der Waals surface area contributed by atoms with Crippen molar-refractivity contribution < 1.29 is 0 Å². The van der Waals surface area contributed by atoms with Crippen molar-refractivity contribution in [2.45, 2.75) is 39.5 Å². The highest BCUT2D eigenvalue weighted by Crippen LogP contribution is 2.39. The van der Waals surface area contributed by atoms with Crippen LogP contribution >= 0.6 is 11.6 Å². The van der Waals surface area contributed by atoms with Gasteiger partial charge in [0.15, 0.2) is 0 Å². The van der Waals surface area contributed by atoms with Crippen LogP contribution in [0.2, 0.25) is 5.02 Å². The molecule has 1 fully saturated rings. The molecule has 100 valence electrons. The zero-order valence-electron chi connectivity index (χ0n) is 11.5. The molecule has 1 saturated heterocycles. The number of nitrogens with zero attached hydrogens (tertiary/aromatic N) is 2. The van der Waals surface area contributed by atoms with Crippen molar-refractivity contribution in [2.75, 3.05) is 6.54 Å². The van der Waals surface area contributed by atoms with Gasteiger partial charge >= 0.3 is 0 Å². The lowest BCUT2D eigenvalue weighted by Crippen LogP contribution is -2.31. The summed E-state index contributed by atoms with van der Waals surface area (Å²) in [5.41, 5.74) is 4.92. The van der Waals surface area contributed by atoms with Crippen molar-refractivity contribution in [3.63, 3.8) is 0 Å². The molecule has 19 heavy (non-hydrogen) atoms. The zero-order valence-corrected chi connectivity index (χ0v) is 12.3. The Labute approximate surface area is 119 Å². The number of amidine groups is 1. The van der Waals surface area contributed by atoms with Crippen molar-refractivity contribution >= 4 is 28.8 Å². The molecule has 0 spiro atoms. The summed E-state index contributed by atoms with van der Waals surface area (Å²) < 4.78 is 0. The van der Waals surface area contributed by atoms with Crippen LogP contribution in [0.4, 0.5) is 5.69 Å². The first kappa shape index (κ1) is 12.7. The summed E-state index contributed by atoms with van der Waals surface area (Å²) in [6, 6.07) is 6.04. The van der Waals surface area contributed by atoms with E-state index in [0.29, 0.717) is 0 Å². The Morgan fingerprint density at radius 3 is 2.84 bits per heavy atom. The van der Waals surface area contributed by atoms with Crippen LogP contribution in [0.3, 0.4) is 0 Å². The van der Waals surface area contributed by atoms with Crippen LogP contribution < -0.4 is 0 Å². The molecule has 3 heteroatoms. The van der Waals surface area contributed by atoms with Gasteiger partial charge in [0.2, 0.25) is 0 Å². The topological polar surface area (TPSA) is 15.6 Å². The van der Waals surface area contributed by atoms with Gasteiger partial charge in [-0.05, 0) is 44.9 Å². The average molecular weight is 275 g/mol. The standard InChI is InChI=1S/C16H19ClN2/c1-11(2)16-13-8-7-12(17)10-14(13)18-15-6-4-3-5-9-19(15)16/h7-8,10H,3-6,9H2,1-2H3. The van der Waals surface area contributed by atoms with E-state index in [1.807, 2.05) is 12.1 Å². The van der Waals surface area contributed by atoms with Gasteiger partial charge in [0, 0.05) is 23.6 Å². The number of aliphatic imine (C=N–C) groups is 1. The fourth-order valence-electron chi connectivity index (χ4n) is 2.97. The van der Waals surface area contributed by atoms with E-state index in [-0.39, 0.29) is 0 Å². The Balaban J connectivity index is 2.19. The van der Waals surface area contributed by atoms with Gasteiger partial charge in [-0.15, -0.1) is 0 Å². The first-order chi connectivity index (χ1) is 9.16. The van der Waals surface area contributed by atoms with Crippen LogP contribution in [0.25, 0.3) is 5.70 Å². The van der Waals surface area contributed by atoms with Crippen molar-refractivity contribution in [3.8, 4) is 0 Å². The SMILES string of the molecule is CC(C)=C1c2ccc(Cl)cc2N=C2CCCCCN21. The second kappa shape index (κ2) is 5.01. The summed E-state index contributed by atoms with van der Waals surface area (Å²) in [6.45, 7) is 5.45. The smallest absolute Gasteiger partial charge is 0.109 e. The summed E-state index contributed by atoms with van der Waals surface area (Å²) in [7, 11) is 0. The lowest BCUT2D eigenvalue weighted by atomic mass is 10.0. The highest BCUT2D eigenvalue weighted by molar-refractivity contribution is 6.31. The van der Waals surface area contributed by atoms with Gasteiger partial charge in [-0.1, -0.05) is 23.6 Å². The van der Waals surface area contributed by atoms with Gasteiger partial charge in [0.1, 0.15) is 5.84 Å². The number of allylic oxidation sites excluding steroid dienone is 1. The Bertz CT molecular complexity index is 568. The summed E-state index contributed by atoms with van der Waals surface area (Å²) >= 11 is 6.11. The van der Waals surface area contributed by atoms with Gasteiger partial charge in [0.05, 0.1) is 11.4 Å². The Hall–Kier alpha value is -1.28. The van der Waals surface area contributed by atoms with E-state index >= 15 is 0 Å². The maximum atomic E-state index is 6.11. The van der Waals surface area contributed by atoms with Crippen LogP contribution in [-0.4, -0.2) is 17.3 Å². The molecule has 2 heterocycles. The lowest BCUT2D eigenvalue weighted by molar-refractivity contribution is 0.553. The van der Waals surface area contributed by atoms with E-state index in [0.717, 1.165) is 23.7 Å². The molecule has 0 bridgehead atoms. The minimum atomic E-state index is 0.762. The minimum Gasteiger partial charge on any atom is -0.329 e. The monoisotopic (exact) mass is 274 g/mol. The van der Waals surface area contributed by atoms with Gasteiger partial charge in [0.25, 0.3) is 0 Å². The highest BCUT2D eigenvalue weighted by atomic mass is 35.5. The summed E-state index contributed by atoms with van der Waals surface area (Å²) in [6.07, 6.45) is 4.85. The zero-order chi connectivity index (χ0) is 13.4. The molecule has 1 aromatic carbocycles. The Morgan fingerprint density at radius 1 is 1.21 bits per heavy atom. The second-order valence-electron chi connectivity index (χ2n) is 5.50. The third-order valence-electron chi connectivity index (χ3n) is 3.80. The number of halogens is 1. The van der Waals surface area contributed by atoms with E-state index in [1.165, 1.54) is 41.9 Å². The van der Waals surface area contributed by atoms with Gasteiger partial charge in [-0.2, -0.15) is 0 Å². The number of fused-ring (bicyclic) bond motifs is 2. The van der Waals surface area contributed by atoms with Crippen molar-refractivity contribution in [1.29, 1.82) is 0 Å². The average Bonchev–Trinajstić information content (AvgIpc) is 2.60. The molecule has 0 atom stereocenters. The molecule has 0 aromatic heterocycles. The summed E-state index contributed by atoms with van der Waals surface area (Å²) in [4.78, 5) is 7.26. The van der Waals surface area contributed by atoms with E-state index in [4.69, 9.17) is 16.6 Å². The van der Waals surface area contributed by atoms with Crippen LogP contribution in [0.5, 0.6) is 0 Å². The van der Waals surface area contributed by atoms with E-state index < -0.39 is 0 Å². The molecular weight excluding hydrogens is 256 g/mol. The normalized spacial score (nSPS) is 18.4. The molecule has 0 saturated carbocycles. The molecule has 0 aliphatic carbocycles. The molecule has 0 radical (unpaired) electrons. The predicted molar refractivity (Wildman–Crippen MR) is 82.0 cm³/mol. The third kappa shape index (κ3) is 2.30. The van der Waals surface area contributed by atoms with E-state index in [1.54, 1.807) is 0 Å². The summed E-state index contributed by atoms with van der Waals surface area (Å²) in [5.74, 6) is 1.21. The minimum absolute atomic E-state index is 0.762. The quantitative estimate of drug-likeness (QED) is 0.649. The molecule has 0 N–H and O–H groups in total. The number of benzene rings is 1. The molecular formula is C16H19ClN2. The Morgan fingerprint density at radius 2 is 2.05 bits per heavy atom. The van der Waals surface area contributed by atoms with E-state index in [9.17, 15) is 0 Å². The van der Waals surface area contributed by atoms with Gasteiger partial charge in [-0.25, -0.2) is 4.99 Å². The molecule has 0 amide bonds. The first-order valence-corrected chi connectivity index (χ1v) is 7.37. The maximum Gasteiger partial charge on any atom is 0.109 e. The maximum absolute atomic E-state index is 6.11. The van der Waals surface area contributed by atoms with Crippen molar-refractivity contribution in [3.05, 3.63) is 34.4 Å². The lowest BCUT2D eigenvalue weighted by Gasteiger charge is -2.33. The van der Waals surface area contributed by atoms with Gasteiger partial charge < -0.3 is 4.90 Å². The summed E-state index contributed by atoms with van der Waals surface area (Å²) in [5, 5.41) is 0.762. The van der Waals surface area contributed by atoms with Crippen molar-refractivity contribution in [1.82, 2.24) is 4.90 Å². The molecule has 3 rings (SSSR count). The van der Waals surface area contributed by atoms with Crippen molar-refractivity contribution in [2.24, 2.45) is 4.99 Å². The number of hydrogen-bond acceptors (Lipinski definition) is 2. The third-order valence-corrected chi connectivity index (χ3v) is 4.04. The number of hydrogen-bond donors (Lipinski definition) is 0. The van der Waals surface area contributed by atoms with Crippen LogP contribution in [0.1, 0.15) is 45.1 Å². The fourth-order valence-corrected chi connectivity index (χ4v) is 3.14. The molecule has 2 aliphatic rings. The van der Waals surface area contributed by atoms with Crippen LogP contribution in [0.15, 0.2) is 28.8 Å². The molecule has 2 nitrogen and oxygen atoms in total. The Kier molecular flexibility index (Phi) is 3.36. The van der Waals surface area contributed by atoms with Gasteiger partial charge in [-0.3, -0.25) is 0 Å².